The van der Waals surface area contributed by atoms with Crippen LogP contribution in [-0.2, 0) is 24.1 Å². The van der Waals surface area contributed by atoms with Gasteiger partial charge in [-0.3, -0.25) is 0 Å². The third-order valence-corrected chi connectivity index (χ3v) is 4.19. The Hall–Kier alpha value is -1.05. The van der Waals surface area contributed by atoms with Gasteiger partial charge in [-0.15, -0.1) is 11.3 Å². The van der Waals surface area contributed by atoms with E-state index < -0.39 is 0 Å². The Labute approximate surface area is 114 Å². The maximum Gasteiger partial charge on any atom is 0.202 e. The van der Waals surface area contributed by atoms with E-state index in [1.807, 2.05) is 6.20 Å². The maximum absolute atomic E-state index is 5.00. The summed E-state index contributed by atoms with van der Waals surface area (Å²) in [6, 6.07) is 0. The number of methoxy groups -OCH3 is 1. The molecule has 0 aliphatic rings. The van der Waals surface area contributed by atoms with Gasteiger partial charge in [-0.2, -0.15) is 4.37 Å². The van der Waals surface area contributed by atoms with Crippen LogP contribution >= 0.6 is 22.9 Å². The van der Waals surface area contributed by atoms with Gasteiger partial charge in [0.15, 0.2) is 0 Å². The molecule has 0 aliphatic heterocycles. The lowest BCUT2D eigenvalue weighted by atomic mass is 10.4. The molecule has 0 fully saturated rings. The molecule has 0 amide bonds. The highest BCUT2D eigenvalue weighted by Gasteiger charge is 2.05. The molecule has 0 saturated heterocycles. The lowest BCUT2D eigenvalue weighted by molar-refractivity contribution is 0.201. The first-order valence-electron chi connectivity index (χ1n) is 5.80. The molecule has 2 aromatic heterocycles. The molecule has 0 aliphatic carbocycles. The monoisotopic (exact) mass is 284 g/mol. The van der Waals surface area contributed by atoms with Crippen LogP contribution in [0.4, 0.5) is 5.13 Å². The molecule has 7 heteroatoms. The van der Waals surface area contributed by atoms with Crippen molar-refractivity contribution >= 4 is 28.0 Å². The molecular formula is C11H16N4OS2. The van der Waals surface area contributed by atoms with Gasteiger partial charge in [0.1, 0.15) is 10.8 Å². The van der Waals surface area contributed by atoms with Gasteiger partial charge in [0, 0.05) is 36.1 Å². The van der Waals surface area contributed by atoms with Crippen molar-refractivity contribution in [2.75, 3.05) is 19.0 Å². The van der Waals surface area contributed by atoms with Crippen LogP contribution in [0.15, 0.2) is 6.20 Å². The summed E-state index contributed by atoms with van der Waals surface area (Å²) in [6.07, 6.45) is 3.73. The lowest BCUT2D eigenvalue weighted by Crippen LogP contribution is -1.99. The van der Waals surface area contributed by atoms with Crippen LogP contribution in [0.5, 0.6) is 0 Å². The van der Waals surface area contributed by atoms with E-state index in [-0.39, 0.29) is 0 Å². The first-order valence-corrected chi connectivity index (χ1v) is 7.39. The number of aryl methyl sites for hydroxylation is 1. The van der Waals surface area contributed by atoms with Crippen LogP contribution in [0, 0.1) is 0 Å². The number of hydrogen-bond donors (Lipinski definition) is 1. The average molecular weight is 284 g/mol. The molecule has 0 radical (unpaired) electrons. The highest BCUT2D eigenvalue weighted by Crippen LogP contribution is 2.16. The third kappa shape index (κ3) is 3.72. The second kappa shape index (κ2) is 6.77. The predicted molar refractivity (Wildman–Crippen MR) is 74.3 cm³/mol. The third-order valence-electron chi connectivity index (χ3n) is 2.34. The second-order valence-electron chi connectivity index (χ2n) is 3.69. The molecule has 2 aromatic rings. The molecule has 98 valence electrons. The lowest BCUT2D eigenvalue weighted by Gasteiger charge is -1.97. The van der Waals surface area contributed by atoms with Crippen LogP contribution in [0.25, 0.3) is 0 Å². The minimum atomic E-state index is 0.655. The number of nitrogens with one attached hydrogen (secondary N) is 1. The molecule has 18 heavy (non-hydrogen) atoms. The van der Waals surface area contributed by atoms with Crippen molar-refractivity contribution in [2.45, 2.75) is 26.3 Å². The standard InChI is InChI=1S/C11H16N4OS2/c1-3-8-6-12-10(17-8)7-13-11-14-9(15-18-11)4-5-16-2/h6H,3-5,7H2,1-2H3,(H,13,14,15). The number of nitrogens with zero attached hydrogens (tertiary/aromatic N) is 3. The molecule has 0 spiro atoms. The van der Waals surface area contributed by atoms with Crippen LogP contribution in [0.3, 0.4) is 0 Å². The Morgan fingerprint density at radius 3 is 3.06 bits per heavy atom. The first kappa shape index (κ1) is 13.4. The Bertz CT molecular complexity index is 483. The molecule has 2 rings (SSSR count). The molecule has 0 atom stereocenters. The van der Waals surface area contributed by atoms with Crippen molar-refractivity contribution in [1.82, 2.24) is 14.3 Å². The second-order valence-corrected chi connectivity index (χ2v) is 5.64. The van der Waals surface area contributed by atoms with Gasteiger partial charge in [-0.05, 0) is 6.42 Å². The number of hydrogen-bond acceptors (Lipinski definition) is 7. The fourth-order valence-electron chi connectivity index (χ4n) is 1.37. The summed E-state index contributed by atoms with van der Waals surface area (Å²) < 4.78 is 9.25. The first-order chi connectivity index (χ1) is 8.81. The fraction of sp³-hybridized carbons (Fsp3) is 0.545. The summed E-state index contributed by atoms with van der Waals surface area (Å²) in [5, 5.41) is 5.17. The Kier molecular flexibility index (Phi) is 5.03. The van der Waals surface area contributed by atoms with E-state index in [0.717, 1.165) is 28.8 Å². The molecule has 0 unspecified atom stereocenters. The number of aromatic nitrogens is 3. The van der Waals surface area contributed by atoms with Crippen molar-refractivity contribution in [3.8, 4) is 0 Å². The number of rotatable bonds is 7. The van der Waals surface area contributed by atoms with Gasteiger partial charge >= 0.3 is 0 Å². The van der Waals surface area contributed by atoms with E-state index in [9.17, 15) is 0 Å². The topological polar surface area (TPSA) is 59.9 Å². The highest BCUT2D eigenvalue weighted by molar-refractivity contribution is 7.11. The van der Waals surface area contributed by atoms with Crippen molar-refractivity contribution < 1.29 is 4.74 Å². The zero-order chi connectivity index (χ0) is 12.8. The molecular weight excluding hydrogens is 268 g/mol. The summed E-state index contributed by atoms with van der Waals surface area (Å²) in [6.45, 7) is 3.50. The van der Waals surface area contributed by atoms with Gasteiger partial charge in [-0.25, -0.2) is 9.97 Å². The number of anilines is 1. The number of ether oxygens (including phenoxy) is 1. The van der Waals surface area contributed by atoms with E-state index in [4.69, 9.17) is 4.74 Å². The summed E-state index contributed by atoms with van der Waals surface area (Å²) in [4.78, 5) is 10.0. The zero-order valence-corrected chi connectivity index (χ0v) is 12.1. The van der Waals surface area contributed by atoms with Crippen LogP contribution in [0.1, 0.15) is 22.6 Å². The van der Waals surface area contributed by atoms with Crippen molar-refractivity contribution in [2.24, 2.45) is 0 Å². The average Bonchev–Trinajstić information content (AvgIpc) is 3.03. The fourth-order valence-corrected chi connectivity index (χ4v) is 2.77. The van der Waals surface area contributed by atoms with Crippen molar-refractivity contribution in [1.29, 1.82) is 0 Å². The summed E-state index contributed by atoms with van der Waals surface area (Å²) in [5.41, 5.74) is 0. The van der Waals surface area contributed by atoms with E-state index in [0.29, 0.717) is 13.2 Å². The summed E-state index contributed by atoms with van der Waals surface area (Å²) in [7, 11) is 1.68. The largest absolute Gasteiger partial charge is 0.384 e. The van der Waals surface area contributed by atoms with Gasteiger partial charge in [-0.1, -0.05) is 6.92 Å². The van der Waals surface area contributed by atoms with E-state index in [1.54, 1.807) is 18.4 Å². The van der Waals surface area contributed by atoms with E-state index in [1.165, 1.54) is 16.4 Å². The zero-order valence-electron chi connectivity index (χ0n) is 10.5. The predicted octanol–water partition coefficient (Wildman–Crippen LogP) is 2.36. The van der Waals surface area contributed by atoms with E-state index in [2.05, 4.69) is 26.6 Å². The van der Waals surface area contributed by atoms with Crippen LogP contribution in [0.2, 0.25) is 0 Å². The van der Waals surface area contributed by atoms with Crippen LogP contribution in [-0.4, -0.2) is 28.1 Å². The van der Waals surface area contributed by atoms with E-state index >= 15 is 0 Å². The van der Waals surface area contributed by atoms with Gasteiger partial charge in [0.25, 0.3) is 0 Å². The Balaban J connectivity index is 1.84. The molecule has 2 heterocycles. The Morgan fingerprint density at radius 1 is 1.44 bits per heavy atom. The van der Waals surface area contributed by atoms with Gasteiger partial charge in [0.05, 0.1) is 13.2 Å². The smallest absolute Gasteiger partial charge is 0.202 e. The molecule has 0 aromatic carbocycles. The minimum Gasteiger partial charge on any atom is -0.384 e. The van der Waals surface area contributed by atoms with Crippen molar-refractivity contribution in [3.05, 3.63) is 21.9 Å². The Morgan fingerprint density at radius 2 is 2.33 bits per heavy atom. The quantitative estimate of drug-likeness (QED) is 0.845. The normalized spacial score (nSPS) is 10.8. The maximum atomic E-state index is 5.00. The summed E-state index contributed by atoms with van der Waals surface area (Å²) in [5.74, 6) is 0.831. The molecule has 1 N–H and O–H groups in total. The summed E-state index contributed by atoms with van der Waals surface area (Å²) >= 11 is 3.12. The van der Waals surface area contributed by atoms with Crippen molar-refractivity contribution in [3.63, 3.8) is 0 Å². The SMILES string of the molecule is CCc1cnc(CNc2nc(CCOC)ns2)s1. The molecule has 0 saturated carbocycles. The molecule has 5 nitrogen and oxygen atoms in total. The minimum absolute atomic E-state index is 0.655. The van der Waals surface area contributed by atoms with Gasteiger partial charge in [0.2, 0.25) is 5.13 Å². The van der Waals surface area contributed by atoms with Gasteiger partial charge < -0.3 is 10.1 Å². The molecule has 0 bridgehead atoms. The highest BCUT2D eigenvalue weighted by atomic mass is 32.1. The number of thiazole rings is 1. The van der Waals surface area contributed by atoms with Crippen LogP contribution < -0.4 is 5.32 Å².